The van der Waals surface area contributed by atoms with Gasteiger partial charge in [0.2, 0.25) is 0 Å². The minimum absolute atomic E-state index is 0.0280. The van der Waals surface area contributed by atoms with Crippen LogP contribution in [0.15, 0.2) is 63.8 Å². The molecule has 2 aromatic heterocycles. The van der Waals surface area contributed by atoms with E-state index in [0.29, 0.717) is 18.7 Å². The van der Waals surface area contributed by atoms with Crippen LogP contribution >= 0.6 is 11.3 Å². The highest BCUT2D eigenvalue weighted by Crippen LogP contribution is 2.36. The van der Waals surface area contributed by atoms with Crippen LogP contribution in [0.2, 0.25) is 0 Å². The first-order valence-electron chi connectivity index (χ1n) is 12.7. The van der Waals surface area contributed by atoms with Gasteiger partial charge in [-0.2, -0.15) is 0 Å². The maximum atomic E-state index is 12.9. The zero-order valence-electron chi connectivity index (χ0n) is 21.3. The average Bonchev–Trinajstić information content (AvgIpc) is 3.40. The number of nitrogens with one attached hydrogen (secondary N) is 1. The van der Waals surface area contributed by atoms with Crippen LogP contribution in [0.4, 0.5) is 5.13 Å². The zero-order valence-corrected chi connectivity index (χ0v) is 22.1. The lowest BCUT2D eigenvalue weighted by molar-refractivity contribution is 0.0944. The van der Waals surface area contributed by atoms with Crippen molar-refractivity contribution in [3.8, 4) is 5.75 Å². The van der Waals surface area contributed by atoms with E-state index in [1.165, 1.54) is 5.56 Å². The fourth-order valence-corrected chi connectivity index (χ4v) is 6.12. The summed E-state index contributed by atoms with van der Waals surface area (Å²) in [6.07, 6.45) is 0. The van der Waals surface area contributed by atoms with E-state index in [-0.39, 0.29) is 5.56 Å². The lowest BCUT2D eigenvalue weighted by Crippen LogP contribution is -2.48. The van der Waals surface area contributed by atoms with Crippen molar-refractivity contribution in [1.82, 2.24) is 15.2 Å². The smallest absolute Gasteiger partial charge is 0.349 e. The predicted molar refractivity (Wildman–Crippen MR) is 152 cm³/mol. The molecule has 1 saturated heterocycles. The molecule has 1 fully saturated rings. The Balaban J connectivity index is 1.08. The van der Waals surface area contributed by atoms with Gasteiger partial charge in [-0.05, 0) is 41.5 Å². The number of aryl methyl sites for hydroxylation is 1. The highest BCUT2D eigenvalue weighted by molar-refractivity contribution is 7.22. The molecule has 8 nitrogen and oxygen atoms in total. The number of fused-ring (bicyclic) bond motifs is 4. The maximum absolute atomic E-state index is 12.9. The van der Waals surface area contributed by atoms with E-state index >= 15 is 0 Å². The van der Waals surface area contributed by atoms with E-state index in [1.54, 1.807) is 30.6 Å². The summed E-state index contributed by atoms with van der Waals surface area (Å²) < 4.78 is 12.1. The van der Waals surface area contributed by atoms with Crippen molar-refractivity contribution >= 4 is 54.3 Å². The molecule has 1 amide bonds. The molecule has 6 rings (SSSR count). The number of thiazole rings is 1. The molecule has 194 valence electrons. The zero-order chi connectivity index (χ0) is 26.2. The standard InChI is InChI=1S/C29H28N4O4S/c1-18-7-9-24(36-2)25-26(18)38-29(31-25)33-15-13-32(14-16-33)12-11-30-27(34)22-17-21-20-6-4-3-5-19(20)8-10-23(21)37-28(22)35/h3-10,17H,11-16H2,1-2H3,(H,30,34). The second-order valence-electron chi connectivity index (χ2n) is 9.49. The van der Waals surface area contributed by atoms with E-state index in [1.807, 2.05) is 36.4 Å². The molecule has 3 heterocycles. The molecule has 1 aliphatic heterocycles. The van der Waals surface area contributed by atoms with Gasteiger partial charge < -0.3 is 19.4 Å². The quantitative estimate of drug-likeness (QED) is 0.258. The fourth-order valence-electron chi connectivity index (χ4n) is 5.01. The van der Waals surface area contributed by atoms with Crippen LogP contribution in [-0.4, -0.2) is 62.2 Å². The first-order valence-corrected chi connectivity index (χ1v) is 13.5. The molecule has 0 saturated carbocycles. The Morgan fingerprint density at radius 1 is 1.08 bits per heavy atom. The molecule has 5 aromatic rings. The minimum atomic E-state index is -0.624. The van der Waals surface area contributed by atoms with Crippen molar-refractivity contribution in [2.24, 2.45) is 0 Å². The number of aromatic nitrogens is 1. The summed E-state index contributed by atoms with van der Waals surface area (Å²) in [6, 6.07) is 17.2. The van der Waals surface area contributed by atoms with Gasteiger partial charge in [0.1, 0.15) is 22.4 Å². The third-order valence-electron chi connectivity index (χ3n) is 7.15. The Kier molecular flexibility index (Phi) is 6.47. The van der Waals surface area contributed by atoms with Crippen molar-refractivity contribution in [2.45, 2.75) is 6.92 Å². The largest absolute Gasteiger partial charge is 0.494 e. The van der Waals surface area contributed by atoms with Crippen molar-refractivity contribution in [3.05, 3.63) is 76.1 Å². The summed E-state index contributed by atoms with van der Waals surface area (Å²) in [5, 5.41) is 6.64. The van der Waals surface area contributed by atoms with Crippen molar-refractivity contribution in [3.63, 3.8) is 0 Å². The monoisotopic (exact) mass is 528 g/mol. The minimum Gasteiger partial charge on any atom is -0.494 e. The predicted octanol–water partition coefficient (Wildman–Crippen LogP) is 4.42. The number of anilines is 1. The molecule has 1 N–H and O–H groups in total. The molecule has 1 aliphatic rings. The molecule has 0 aliphatic carbocycles. The fraction of sp³-hybridized carbons (Fsp3) is 0.276. The van der Waals surface area contributed by atoms with Crippen molar-refractivity contribution in [2.75, 3.05) is 51.3 Å². The van der Waals surface area contributed by atoms with Crippen molar-refractivity contribution < 1.29 is 13.9 Å². The number of amides is 1. The first kappa shape index (κ1) is 24.4. The van der Waals surface area contributed by atoms with Gasteiger partial charge in [-0.1, -0.05) is 47.7 Å². The number of hydrogen-bond donors (Lipinski definition) is 1. The number of methoxy groups -OCH3 is 1. The van der Waals surface area contributed by atoms with Gasteiger partial charge in [0.15, 0.2) is 5.13 Å². The SMILES string of the molecule is COc1ccc(C)c2sc(N3CCN(CCNC(=O)c4cc5c(ccc6ccccc65)oc4=O)CC3)nc12. The van der Waals surface area contributed by atoms with E-state index in [2.05, 4.69) is 28.1 Å². The molecule has 0 radical (unpaired) electrons. The van der Waals surface area contributed by atoms with E-state index in [9.17, 15) is 9.59 Å². The van der Waals surface area contributed by atoms with Gasteiger partial charge >= 0.3 is 5.63 Å². The third-order valence-corrected chi connectivity index (χ3v) is 8.41. The Morgan fingerprint density at radius 2 is 1.89 bits per heavy atom. The lowest BCUT2D eigenvalue weighted by atomic mass is 10.0. The topological polar surface area (TPSA) is 87.9 Å². The summed E-state index contributed by atoms with van der Waals surface area (Å²) in [6.45, 7) is 6.70. The molecule has 38 heavy (non-hydrogen) atoms. The average molecular weight is 529 g/mol. The number of benzene rings is 3. The number of rotatable bonds is 6. The molecule has 3 aromatic carbocycles. The normalized spacial score (nSPS) is 14.4. The van der Waals surface area contributed by atoms with Gasteiger partial charge in [0.25, 0.3) is 5.91 Å². The number of carbonyl (C=O) groups is 1. The van der Waals surface area contributed by atoms with E-state index < -0.39 is 11.5 Å². The highest BCUT2D eigenvalue weighted by Gasteiger charge is 2.22. The Labute approximate surface area is 223 Å². The summed E-state index contributed by atoms with van der Waals surface area (Å²) in [5.41, 5.74) is 2.00. The number of carbonyl (C=O) groups excluding carboxylic acids is 1. The summed E-state index contributed by atoms with van der Waals surface area (Å²) in [7, 11) is 1.68. The second-order valence-corrected chi connectivity index (χ2v) is 10.5. The van der Waals surface area contributed by atoms with Gasteiger partial charge in [-0.15, -0.1) is 0 Å². The Hall–Kier alpha value is -3.95. The first-order chi connectivity index (χ1) is 18.5. The highest BCUT2D eigenvalue weighted by atomic mass is 32.1. The van der Waals surface area contributed by atoms with Gasteiger partial charge in [0.05, 0.1) is 11.8 Å². The van der Waals surface area contributed by atoms with Crippen LogP contribution in [0.1, 0.15) is 15.9 Å². The summed E-state index contributed by atoms with van der Waals surface area (Å²) in [5.74, 6) is 0.391. The molecular formula is C29H28N4O4S. The van der Waals surface area contributed by atoms with Gasteiger partial charge in [0, 0.05) is 44.7 Å². The van der Waals surface area contributed by atoms with Crippen LogP contribution in [0.5, 0.6) is 5.75 Å². The molecule has 9 heteroatoms. The Morgan fingerprint density at radius 3 is 2.71 bits per heavy atom. The van der Waals surface area contributed by atoms with Crippen LogP contribution < -0.4 is 20.6 Å². The second kappa shape index (κ2) is 10.1. The summed E-state index contributed by atoms with van der Waals surface area (Å²) >= 11 is 1.70. The van der Waals surface area contributed by atoms with Crippen molar-refractivity contribution in [1.29, 1.82) is 0 Å². The van der Waals surface area contributed by atoms with Gasteiger partial charge in [-0.3, -0.25) is 9.69 Å². The number of ether oxygens (including phenoxy) is 1. The Bertz CT molecular complexity index is 1720. The lowest BCUT2D eigenvalue weighted by Gasteiger charge is -2.34. The molecule has 0 atom stereocenters. The van der Waals surface area contributed by atoms with Crippen LogP contribution in [0.25, 0.3) is 32.0 Å². The van der Waals surface area contributed by atoms with Crippen LogP contribution in [0, 0.1) is 6.92 Å². The molecular weight excluding hydrogens is 500 g/mol. The third kappa shape index (κ3) is 4.48. The molecule has 0 unspecified atom stereocenters. The van der Waals surface area contributed by atoms with E-state index in [4.69, 9.17) is 14.1 Å². The van der Waals surface area contributed by atoms with E-state index in [0.717, 1.165) is 63.4 Å². The molecule has 0 spiro atoms. The number of hydrogen-bond acceptors (Lipinski definition) is 8. The summed E-state index contributed by atoms with van der Waals surface area (Å²) in [4.78, 5) is 34.9. The number of nitrogens with zero attached hydrogens (tertiary/aromatic N) is 3. The number of piperazine rings is 1. The van der Waals surface area contributed by atoms with Crippen LogP contribution in [0.3, 0.4) is 0 Å². The van der Waals surface area contributed by atoms with Gasteiger partial charge in [-0.25, -0.2) is 9.78 Å². The molecule has 0 bridgehead atoms. The van der Waals surface area contributed by atoms with Crippen LogP contribution in [-0.2, 0) is 0 Å². The maximum Gasteiger partial charge on any atom is 0.349 e.